The fourth-order valence-corrected chi connectivity index (χ4v) is 3.00. The van der Waals surface area contributed by atoms with E-state index >= 15 is 0 Å². The Morgan fingerprint density at radius 1 is 1.04 bits per heavy atom. The van der Waals surface area contributed by atoms with Crippen LogP contribution in [0, 0.1) is 4.64 Å². The predicted molar refractivity (Wildman–Crippen MR) is 101 cm³/mol. The quantitative estimate of drug-likeness (QED) is 0.413. The molecule has 0 saturated carbocycles. The van der Waals surface area contributed by atoms with Crippen molar-refractivity contribution in [2.75, 3.05) is 5.73 Å². The topological polar surface area (TPSA) is 68.2 Å². The molecule has 0 aliphatic carbocycles. The molecule has 0 saturated heterocycles. The normalized spacial score (nSPS) is 11.9. The number of nitrogens with zero attached hydrogens (tertiary/aromatic N) is 1. The summed E-state index contributed by atoms with van der Waals surface area (Å²) in [5, 5.41) is 10.5. The van der Waals surface area contributed by atoms with E-state index < -0.39 is 6.10 Å². The number of para-hydroxylation sites is 1. The Hall–Kier alpha value is -2.76. The van der Waals surface area contributed by atoms with Gasteiger partial charge in [0.2, 0.25) is 0 Å². The van der Waals surface area contributed by atoms with Gasteiger partial charge in [-0.25, -0.2) is 0 Å². The van der Waals surface area contributed by atoms with Crippen LogP contribution in [0.3, 0.4) is 0 Å². The Bertz CT molecular complexity index is 934. The zero-order valence-corrected chi connectivity index (χ0v) is 14.3. The summed E-state index contributed by atoms with van der Waals surface area (Å²) in [5.74, 6) is -0.156. The molecule has 1 unspecified atom stereocenters. The van der Waals surface area contributed by atoms with Gasteiger partial charge < -0.3 is 15.4 Å². The molecule has 1 aromatic heterocycles. The minimum Gasteiger partial charge on any atom is -0.399 e. The average molecular weight is 350 g/mol. The third-order valence-electron chi connectivity index (χ3n) is 3.98. The third-order valence-corrected chi connectivity index (χ3v) is 4.41. The highest BCUT2D eigenvalue weighted by atomic mass is 32.1. The van der Waals surface area contributed by atoms with Gasteiger partial charge in [-0.1, -0.05) is 36.5 Å². The first-order valence-corrected chi connectivity index (χ1v) is 8.31. The number of nitrogens with two attached hydrogens (primary N) is 1. The van der Waals surface area contributed by atoms with E-state index in [1.54, 1.807) is 30.3 Å². The zero-order chi connectivity index (χ0) is 17.8. The van der Waals surface area contributed by atoms with Crippen LogP contribution in [0.2, 0.25) is 0 Å². The lowest BCUT2D eigenvalue weighted by Crippen LogP contribution is -2.10. The van der Waals surface area contributed by atoms with E-state index in [-0.39, 0.29) is 12.2 Å². The number of pyridine rings is 1. The van der Waals surface area contributed by atoms with Crippen molar-refractivity contribution in [3.05, 3.63) is 88.7 Å². The lowest BCUT2D eigenvalue weighted by atomic mass is 10.0. The van der Waals surface area contributed by atoms with Crippen LogP contribution in [0.1, 0.15) is 28.4 Å². The van der Waals surface area contributed by atoms with Gasteiger partial charge in [-0.3, -0.25) is 4.79 Å². The first kappa shape index (κ1) is 17.1. The number of ketones is 1. The van der Waals surface area contributed by atoms with E-state index in [0.29, 0.717) is 21.5 Å². The number of hydrogen-bond acceptors (Lipinski definition) is 4. The van der Waals surface area contributed by atoms with Crippen molar-refractivity contribution < 1.29 is 9.90 Å². The molecule has 3 rings (SSSR count). The highest BCUT2D eigenvalue weighted by Crippen LogP contribution is 2.22. The van der Waals surface area contributed by atoms with E-state index in [0.717, 1.165) is 5.69 Å². The molecule has 0 fully saturated rings. The van der Waals surface area contributed by atoms with Crippen molar-refractivity contribution >= 4 is 23.7 Å². The molecule has 4 nitrogen and oxygen atoms in total. The Labute approximate surface area is 151 Å². The fourth-order valence-electron chi connectivity index (χ4n) is 2.63. The van der Waals surface area contributed by atoms with Gasteiger partial charge in [-0.2, -0.15) is 0 Å². The molecule has 0 spiro atoms. The SMILES string of the molecule is Nc1ccc(C(=O)CC(O)c2cccn(-c3ccccc3)c2=S)cc1. The standard InChI is InChI=1S/C20H18N2O2S/c21-15-10-8-14(9-11-15)18(23)13-19(24)17-7-4-12-22(20(17)25)16-5-2-1-3-6-16/h1-12,19,24H,13,21H2. The van der Waals surface area contributed by atoms with Crippen LogP contribution in [0.5, 0.6) is 0 Å². The second kappa shape index (κ2) is 7.42. The average Bonchev–Trinajstić information content (AvgIpc) is 2.63. The van der Waals surface area contributed by atoms with E-state index in [4.69, 9.17) is 18.0 Å². The van der Waals surface area contributed by atoms with Gasteiger partial charge >= 0.3 is 0 Å². The van der Waals surface area contributed by atoms with Gasteiger partial charge in [-0.15, -0.1) is 0 Å². The predicted octanol–water partition coefficient (Wildman–Crippen LogP) is 4.10. The molecule has 25 heavy (non-hydrogen) atoms. The molecule has 0 bridgehead atoms. The molecule has 2 aromatic carbocycles. The van der Waals surface area contributed by atoms with E-state index in [1.165, 1.54) is 0 Å². The molecule has 3 N–H and O–H groups in total. The first-order valence-electron chi connectivity index (χ1n) is 7.90. The van der Waals surface area contributed by atoms with Crippen LogP contribution in [0.15, 0.2) is 72.9 Å². The van der Waals surface area contributed by atoms with E-state index in [9.17, 15) is 9.90 Å². The van der Waals surface area contributed by atoms with Crippen LogP contribution < -0.4 is 5.73 Å². The molecule has 126 valence electrons. The second-order valence-corrected chi connectivity index (χ2v) is 6.13. The third kappa shape index (κ3) is 3.84. The number of aliphatic hydroxyl groups is 1. The Morgan fingerprint density at radius 3 is 2.40 bits per heavy atom. The molecular weight excluding hydrogens is 332 g/mol. The number of aromatic nitrogens is 1. The largest absolute Gasteiger partial charge is 0.399 e. The highest BCUT2D eigenvalue weighted by molar-refractivity contribution is 7.71. The first-order chi connectivity index (χ1) is 12.1. The minimum atomic E-state index is -0.964. The van der Waals surface area contributed by atoms with E-state index in [2.05, 4.69) is 0 Å². The lowest BCUT2D eigenvalue weighted by Gasteiger charge is -2.14. The number of carbonyl (C=O) groups is 1. The van der Waals surface area contributed by atoms with Crippen LogP contribution in [0.25, 0.3) is 5.69 Å². The second-order valence-electron chi connectivity index (χ2n) is 5.74. The van der Waals surface area contributed by atoms with Crippen LogP contribution >= 0.6 is 12.2 Å². The summed E-state index contributed by atoms with van der Waals surface area (Å²) in [4.78, 5) is 12.4. The molecule has 3 aromatic rings. The summed E-state index contributed by atoms with van der Waals surface area (Å²) in [7, 11) is 0. The molecular formula is C20H18N2O2S. The van der Waals surface area contributed by atoms with E-state index in [1.807, 2.05) is 47.2 Å². The number of carbonyl (C=O) groups excluding carboxylic acids is 1. The van der Waals surface area contributed by atoms with Gasteiger partial charge in [0.05, 0.1) is 6.10 Å². The lowest BCUT2D eigenvalue weighted by molar-refractivity contribution is 0.0879. The Kier molecular flexibility index (Phi) is 5.07. The maximum Gasteiger partial charge on any atom is 0.165 e. The molecule has 1 atom stereocenters. The number of aliphatic hydroxyl groups excluding tert-OH is 1. The van der Waals surface area contributed by atoms with Crippen molar-refractivity contribution in [1.29, 1.82) is 0 Å². The van der Waals surface area contributed by atoms with Crippen molar-refractivity contribution in [3.8, 4) is 5.69 Å². The number of anilines is 1. The summed E-state index contributed by atoms with van der Waals surface area (Å²) in [6.45, 7) is 0. The zero-order valence-electron chi connectivity index (χ0n) is 13.5. The Morgan fingerprint density at radius 2 is 1.72 bits per heavy atom. The van der Waals surface area contributed by atoms with Gasteiger partial charge in [-0.05, 0) is 42.5 Å². The molecule has 0 aliphatic heterocycles. The van der Waals surface area contributed by atoms with Crippen LogP contribution in [-0.2, 0) is 0 Å². The van der Waals surface area contributed by atoms with Crippen molar-refractivity contribution in [2.24, 2.45) is 0 Å². The molecule has 0 amide bonds. The van der Waals surface area contributed by atoms with Gasteiger partial charge in [0.1, 0.15) is 4.64 Å². The number of Topliss-reactive ketones (excluding diaryl/α,β-unsaturated/α-hetero) is 1. The Balaban J connectivity index is 1.85. The highest BCUT2D eigenvalue weighted by Gasteiger charge is 2.17. The maximum absolute atomic E-state index is 12.4. The van der Waals surface area contributed by atoms with Crippen molar-refractivity contribution in [1.82, 2.24) is 4.57 Å². The molecule has 5 heteroatoms. The summed E-state index contributed by atoms with van der Waals surface area (Å²) < 4.78 is 2.31. The maximum atomic E-state index is 12.4. The summed E-state index contributed by atoms with van der Waals surface area (Å²) in [5.41, 5.74) is 8.22. The number of hydrogen-bond donors (Lipinski definition) is 2. The van der Waals surface area contributed by atoms with Gasteiger partial charge in [0.25, 0.3) is 0 Å². The summed E-state index contributed by atoms with van der Waals surface area (Å²) in [6, 6.07) is 19.9. The van der Waals surface area contributed by atoms with Crippen LogP contribution in [-0.4, -0.2) is 15.5 Å². The monoisotopic (exact) mass is 350 g/mol. The number of rotatable bonds is 5. The van der Waals surface area contributed by atoms with Crippen molar-refractivity contribution in [3.63, 3.8) is 0 Å². The molecule has 0 aliphatic rings. The van der Waals surface area contributed by atoms with Crippen molar-refractivity contribution in [2.45, 2.75) is 12.5 Å². The van der Waals surface area contributed by atoms with Crippen LogP contribution in [0.4, 0.5) is 5.69 Å². The van der Waals surface area contributed by atoms with Gasteiger partial charge in [0.15, 0.2) is 5.78 Å². The number of nitrogen functional groups attached to an aromatic ring is 1. The van der Waals surface area contributed by atoms with Gasteiger partial charge in [0, 0.05) is 35.1 Å². The molecule has 0 radical (unpaired) electrons. The number of benzene rings is 2. The minimum absolute atomic E-state index is 0.0354. The fraction of sp³-hybridized carbons (Fsp3) is 0.100. The summed E-state index contributed by atoms with van der Waals surface area (Å²) >= 11 is 5.51. The summed E-state index contributed by atoms with van der Waals surface area (Å²) in [6.07, 6.45) is 0.843. The molecule has 1 heterocycles. The smallest absolute Gasteiger partial charge is 0.165 e.